The molecular weight excluding hydrogens is 186 g/mol. The Morgan fingerprint density at radius 3 is 2.69 bits per heavy atom. The van der Waals surface area contributed by atoms with Gasteiger partial charge in [0.25, 0.3) is 0 Å². The van der Waals surface area contributed by atoms with E-state index in [0.29, 0.717) is 10.8 Å². The van der Waals surface area contributed by atoms with Crippen molar-refractivity contribution in [3.63, 3.8) is 0 Å². The zero-order valence-corrected chi connectivity index (χ0v) is 8.64. The van der Waals surface area contributed by atoms with Crippen LogP contribution in [0.3, 0.4) is 0 Å². The third-order valence-electron chi connectivity index (χ3n) is 1.77. The molecule has 13 heavy (non-hydrogen) atoms. The summed E-state index contributed by atoms with van der Waals surface area (Å²) >= 11 is 5.95. The van der Waals surface area contributed by atoms with Gasteiger partial charge in [0.2, 0.25) is 0 Å². The molecule has 3 heteroatoms. The first-order chi connectivity index (χ1) is 6.13. The predicted octanol–water partition coefficient (Wildman–Crippen LogP) is 2.24. The van der Waals surface area contributed by atoms with Crippen molar-refractivity contribution in [2.75, 3.05) is 7.11 Å². The lowest BCUT2D eigenvalue weighted by molar-refractivity contribution is 0.415. The van der Waals surface area contributed by atoms with E-state index in [1.807, 2.05) is 25.1 Å². The minimum atomic E-state index is 0.157. The molecular formula is C10H14ClNO. The number of rotatable bonds is 3. The Kier molecular flexibility index (Phi) is 3.58. The van der Waals surface area contributed by atoms with E-state index in [1.54, 1.807) is 7.11 Å². The number of nitrogens with two attached hydrogens (primary N) is 1. The number of ether oxygens (including phenoxy) is 1. The highest BCUT2D eigenvalue weighted by Crippen LogP contribution is 2.25. The molecule has 0 aliphatic carbocycles. The minimum Gasteiger partial charge on any atom is -0.495 e. The van der Waals surface area contributed by atoms with Gasteiger partial charge in [0.05, 0.1) is 12.1 Å². The Labute approximate surface area is 83.6 Å². The molecule has 0 aliphatic rings. The number of hydrogen-bond donors (Lipinski definition) is 1. The van der Waals surface area contributed by atoms with Crippen molar-refractivity contribution in [3.8, 4) is 5.75 Å². The van der Waals surface area contributed by atoms with Crippen LogP contribution in [0.25, 0.3) is 0 Å². The summed E-state index contributed by atoms with van der Waals surface area (Å²) in [6.07, 6.45) is 0.837. The summed E-state index contributed by atoms with van der Waals surface area (Å²) in [6, 6.07) is 5.89. The van der Waals surface area contributed by atoms with Gasteiger partial charge < -0.3 is 10.5 Å². The number of benzene rings is 1. The first kappa shape index (κ1) is 10.4. The summed E-state index contributed by atoms with van der Waals surface area (Å²) in [4.78, 5) is 0. The van der Waals surface area contributed by atoms with Crippen molar-refractivity contribution >= 4 is 11.6 Å². The number of hydrogen-bond acceptors (Lipinski definition) is 2. The Balaban J connectivity index is 2.83. The van der Waals surface area contributed by atoms with Crippen molar-refractivity contribution < 1.29 is 4.74 Å². The normalized spacial score (nSPS) is 12.6. The van der Waals surface area contributed by atoms with Gasteiger partial charge in [-0.1, -0.05) is 17.7 Å². The van der Waals surface area contributed by atoms with Crippen LogP contribution in [-0.2, 0) is 6.42 Å². The van der Waals surface area contributed by atoms with Gasteiger partial charge in [-0.15, -0.1) is 0 Å². The van der Waals surface area contributed by atoms with Crippen LogP contribution in [0, 0.1) is 0 Å². The van der Waals surface area contributed by atoms with Crippen LogP contribution in [-0.4, -0.2) is 13.2 Å². The molecule has 72 valence electrons. The molecule has 1 aromatic carbocycles. The standard InChI is InChI=1S/C10H14ClNO/c1-7(12)5-8-3-4-10(13-2)9(11)6-8/h3-4,6-7H,5,12H2,1-2H3. The molecule has 0 radical (unpaired) electrons. The van der Waals surface area contributed by atoms with Crippen molar-refractivity contribution in [1.29, 1.82) is 0 Å². The van der Waals surface area contributed by atoms with Gasteiger partial charge >= 0.3 is 0 Å². The second-order valence-electron chi connectivity index (χ2n) is 3.15. The van der Waals surface area contributed by atoms with E-state index in [2.05, 4.69) is 0 Å². The summed E-state index contributed by atoms with van der Waals surface area (Å²) in [7, 11) is 1.60. The lowest BCUT2D eigenvalue weighted by Gasteiger charge is -2.07. The average Bonchev–Trinajstić information content (AvgIpc) is 2.03. The molecule has 1 atom stereocenters. The molecule has 0 amide bonds. The Morgan fingerprint density at radius 1 is 1.54 bits per heavy atom. The maximum Gasteiger partial charge on any atom is 0.137 e. The zero-order chi connectivity index (χ0) is 9.84. The summed E-state index contributed by atoms with van der Waals surface area (Å²) in [6.45, 7) is 1.97. The third-order valence-corrected chi connectivity index (χ3v) is 2.07. The van der Waals surface area contributed by atoms with E-state index in [-0.39, 0.29) is 6.04 Å². The fourth-order valence-electron chi connectivity index (χ4n) is 1.21. The molecule has 1 rings (SSSR count). The molecule has 0 saturated heterocycles. The molecule has 2 nitrogen and oxygen atoms in total. The quantitative estimate of drug-likeness (QED) is 0.811. The van der Waals surface area contributed by atoms with Crippen LogP contribution in [0.15, 0.2) is 18.2 Å². The van der Waals surface area contributed by atoms with E-state index in [1.165, 1.54) is 0 Å². The van der Waals surface area contributed by atoms with Crippen molar-refractivity contribution in [1.82, 2.24) is 0 Å². The molecule has 0 bridgehead atoms. The summed E-state index contributed by atoms with van der Waals surface area (Å²) in [5, 5.41) is 0.639. The molecule has 0 spiro atoms. The van der Waals surface area contributed by atoms with Crippen LogP contribution >= 0.6 is 11.6 Å². The predicted molar refractivity (Wildman–Crippen MR) is 55.4 cm³/mol. The second-order valence-corrected chi connectivity index (χ2v) is 3.56. The van der Waals surface area contributed by atoms with Crippen LogP contribution in [0.1, 0.15) is 12.5 Å². The lowest BCUT2D eigenvalue weighted by atomic mass is 10.1. The highest BCUT2D eigenvalue weighted by molar-refractivity contribution is 6.32. The smallest absolute Gasteiger partial charge is 0.137 e. The van der Waals surface area contributed by atoms with E-state index >= 15 is 0 Å². The Bertz CT molecular complexity index is 286. The molecule has 0 fully saturated rings. The fourth-order valence-corrected chi connectivity index (χ4v) is 1.49. The van der Waals surface area contributed by atoms with Crippen LogP contribution < -0.4 is 10.5 Å². The van der Waals surface area contributed by atoms with E-state index in [9.17, 15) is 0 Å². The highest BCUT2D eigenvalue weighted by atomic mass is 35.5. The first-order valence-corrected chi connectivity index (χ1v) is 4.59. The van der Waals surface area contributed by atoms with Crippen LogP contribution in [0.4, 0.5) is 0 Å². The largest absolute Gasteiger partial charge is 0.495 e. The average molecular weight is 200 g/mol. The van der Waals surface area contributed by atoms with Gasteiger partial charge in [-0.05, 0) is 31.0 Å². The Hall–Kier alpha value is -0.730. The van der Waals surface area contributed by atoms with Crippen molar-refractivity contribution in [2.24, 2.45) is 5.73 Å². The molecule has 0 aliphatic heterocycles. The summed E-state index contributed by atoms with van der Waals surface area (Å²) in [5.74, 6) is 0.704. The first-order valence-electron chi connectivity index (χ1n) is 4.21. The lowest BCUT2D eigenvalue weighted by Crippen LogP contribution is -2.17. The molecule has 2 N–H and O–H groups in total. The molecule has 1 unspecified atom stereocenters. The third kappa shape index (κ3) is 2.90. The van der Waals surface area contributed by atoms with Crippen molar-refractivity contribution in [3.05, 3.63) is 28.8 Å². The van der Waals surface area contributed by atoms with Gasteiger partial charge in [0.1, 0.15) is 5.75 Å². The SMILES string of the molecule is COc1ccc(CC(C)N)cc1Cl. The molecule has 0 aromatic heterocycles. The minimum absolute atomic E-state index is 0.157. The summed E-state index contributed by atoms with van der Waals surface area (Å²) < 4.78 is 5.04. The summed E-state index contributed by atoms with van der Waals surface area (Å²) in [5.41, 5.74) is 6.81. The van der Waals surface area contributed by atoms with Crippen LogP contribution in [0.2, 0.25) is 5.02 Å². The highest BCUT2D eigenvalue weighted by Gasteiger charge is 2.03. The zero-order valence-electron chi connectivity index (χ0n) is 7.88. The number of methoxy groups -OCH3 is 1. The maximum absolute atomic E-state index is 5.95. The van der Waals surface area contributed by atoms with Gasteiger partial charge in [0, 0.05) is 6.04 Å². The van der Waals surface area contributed by atoms with Gasteiger partial charge in [-0.25, -0.2) is 0 Å². The molecule has 1 aromatic rings. The van der Waals surface area contributed by atoms with Crippen molar-refractivity contribution in [2.45, 2.75) is 19.4 Å². The van der Waals surface area contributed by atoms with E-state index in [0.717, 1.165) is 12.0 Å². The molecule has 0 saturated carbocycles. The van der Waals surface area contributed by atoms with Gasteiger partial charge in [0.15, 0.2) is 0 Å². The van der Waals surface area contributed by atoms with E-state index < -0.39 is 0 Å². The Morgan fingerprint density at radius 2 is 2.23 bits per heavy atom. The van der Waals surface area contributed by atoms with E-state index in [4.69, 9.17) is 22.1 Å². The topological polar surface area (TPSA) is 35.2 Å². The number of halogens is 1. The fraction of sp³-hybridized carbons (Fsp3) is 0.400. The van der Waals surface area contributed by atoms with Gasteiger partial charge in [-0.2, -0.15) is 0 Å². The van der Waals surface area contributed by atoms with Gasteiger partial charge in [-0.3, -0.25) is 0 Å². The maximum atomic E-state index is 5.95. The van der Waals surface area contributed by atoms with Crippen LogP contribution in [0.5, 0.6) is 5.75 Å². The monoisotopic (exact) mass is 199 g/mol. The second kappa shape index (κ2) is 4.49. The molecule has 0 heterocycles.